The second kappa shape index (κ2) is 10.7. The number of morpholine rings is 1. The Bertz CT molecular complexity index is 1080. The van der Waals surface area contributed by atoms with Gasteiger partial charge in [-0.15, -0.1) is 0 Å². The molecule has 1 aliphatic carbocycles. The Balaban J connectivity index is 1.13. The lowest BCUT2D eigenvalue weighted by Crippen LogP contribution is -2.45. The van der Waals surface area contributed by atoms with E-state index < -0.39 is 23.9 Å². The van der Waals surface area contributed by atoms with Gasteiger partial charge in [-0.1, -0.05) is 0 Å². The highest BCUT2D eigenvalue weighted by molar-refractivity contribution is 5.81. The fourth-order valence-corrected chi connectivity index (χ4v) is 5.35. The number of amides is 1. The first-order valence-corrected chi connectivity index (χ1v) is 12.5. The van der Waals surface area contributed by atoms with Gasteiger partial charge in [0.15, 0.2) is 0 Å². The molecule has 0 radical (unpaired) electrons. The molecule has 2 atom stereocenters. The number of benzene rings is 1. The van der Waals surface area contributed by atoms with E-state index in [9.17, 15) is 22.4 Å². The molecule has 12 heteroatoms. The first-order valence-electron chi connectivity index (χ1n) is 12.5. The monoisotopic (exact) mass is 523 g/mol. The maximum absolute atomic E-state index is 14.3. The van der Waals surface area contributed by atoms with Crippen LogP contribution < -0.4 is 20.3 Å². The normalized spacial score (nSPS) is 25.6. The van der Waals surface area contributed by atoms with E-state index in [1.54, 1.807) is 0 Å². The minimum Gasteiger partial charge on any atom is -0.475 e. The SMILES string of the molecule is O=C(NC1CCC(COc2nc(Nc3ccc(N4C5CCC4COC5)cc3)ncc2F)CC1)C(F)(F)F. The van der Waals surface area contributed by atoms with Crippen LogP contribution in [0.5, 0.6) is 5.88 Å². The van der Waals surface area contributed by atoms with Crippen molar-refractivity contribution in [3.63, 3.8) is 0 Å². The summed E-state index contributed by atoms with van der Waals surface area (Å²) in [6.45, 7) is 1.67. The fraction of sp³-hybridized carbons (Fsp3) is 0.560. The summed E-state index contributed by atoms with van der Waals surface area (Å²) in [6, 6.07) is 8.21. The van der Waals surface area contributed by atoms with Crippen LogP contribution >= 0.6 is 0 Å². The zero-order valence-corrected chi connectivity index (χ0v) is 20.1. The van der Waals surface area contributed by atoms with Crippen LogP contribution in [0.25, 0.3) is 0 Å². The first-order chi connectivity index (χ1) is 17.8. The van der Waals surface area contributed by atoms with Crippen LogP contribution in [0.2, 0.25) is 0 Å². The maximum atomic E-state index is 14.3. The molecule has 3 aliphatic rings. The molecule has 37 heavy (non-hydrogen) atoms. The van der Waals surface area contributed by atoms with Crippen LogP contribution in [0.3, 0.4) is 0 Å². The number of hydrogen-bond acceptors (Lipinski definition) is 7. The summed E-state index contributed by atoms with van der Waals surface area (Å²) in [5.41, 5.74) is 1.89. The molecule has 2 bridgehead atoms. The average molecular weight is 524 g/mol. The molecule has 0 spiro atoms. The molecule has 200 valence electrons. The van der Waals surface area contributed by atoms with Gasteiger partial charge >= 0.3 is 12.1 Å². The van der Waals surface area contributed by atoms with Crippen LogP contribution in [0.15, 0.2) is 30.5 Å². The van der Waals surface area contributed by atoms with Gasteiger partial charge in [-0.3, -0.25) is 4.79 Å². The van der Waals surface area contributed by atoms with Crippen molar-refractivity contribution < 1.29 is 31.8 Å². The molecule has 5 rings (SSSR count). The number of aromatic nitrogens is 2. The van der Waals surface area contributed by atoms with Crippen molar-refractivity contribution in [3.05, 3.63) is 36.3 Å². The van der Waals surface area contributed by atoms with E-state index >= 15 is 0 Å². The third-order valence-electron chi connectivity index (χ3n) is 7.27. The van der Waals surface area contributed by atoms with Crippen molar-refractivity contribution >= 4 is 23.2 Å². The molecule has 2 N–H and O–H groups in total. The lowest BCUT2D eigenvalue weighted by molar-refractivity contribution is -0.174. The summed E-state index contributed by atoms with van der Waals surface area (Å²) in [6.07, 6.45) is 0.317. The molecule has 2 aromatic rings. The molecule has 8 nitrogen and oxygen atoms in total. The largest absolute Gasteiger partial charge is 0.475 e. The Morgan fingerprint density at radius 3 is 2.38 bits per heavy atom. The molecular formula is C25H29F4N5O3. The zero-order chi connectivity index (χ0) is 26.0. The van der Waals surface area contributed by atoms with Crippen LogP contribution in [-0.2, 0) is 9.53 Å². The average Bonchev–Trinajstić information content (AvgIpc) is 3.12. The third-order valence-corrected chi connectivity index (χ3v) is 7.27. The molecule has 1 aromatic carbocycles. The summed E-state index contributed by atoms with van der Waals surface area (Å²) in [7, 11) is 0. The molecule has 3 fully saturated rings. The Morgan fingerprint density at radius 1 is 1.05 bits per heavy atom. The minimum atomic E-state index is -4.89. The molecule has 1 amide bonds. The van der Waals surface area contributed by atoms with Gasteiger partial charge in [0, 0.05) is 17.4 Å². The number of alkyl halides is 3. The highest BCUT2D eigenvalue weighted by Gasteiger charge is 2.40. The van der Waals surface area contributed by atoms with E-state index in [2.05, 4.69) is 20.2 Å². The van der Waals surface area contributed by atoms with Gasteiger partial charge in [-0.2, -0.15) is 22.5 Å². The summed E-state index contributed by atoms with van der Waals surface area (Å²) in [5, 5.41) is 5.09. The van der Waals surface area contributed by atoms with Gasteiger partial charge in [0.25, 0.3) is 5.88 Å². The number of anilines is 3. The van der Waals surface area contributed by atoms with Gasteiger partial charge in [-0.25, -0.2) is 4.98 Å². The lowest BCUT2D eigenvalue weighted by Gasteiger charge is -2.36. The Hall–Kier alpha value is -3.15. The van der Waals surface area contributed by atoms with Gasteiger partial charge in [0.1, 0.15) is 0 Å². The number of fused-ring (bicyclic) bond motifs is 2. The highest BCUT2D eigenvalue weighted by atomic mass is 19.4. The van der Waals surface area contributed by atoms with Crippen molar-refractivity contribution in [1.82, 2.24) is 15.3 Å². The van der Waals surface area contributed by atoms with Crippen LogP contribution in [0, 0.1) is 11.7 Å². The number of carbonyl (C=O) groups excluding carboxylic acids is 1. The van der Waals surface area contributed by atoms with Gasteiger partial charge in [-0.05, 0) is 68.7 Å². The zero-order valence-electron chi connectivity index (χ0n) is 20.1. The molecule has 3 heterocycles. The Morgan fingerprint density at radius 2 is 1.73 bits per heavy atom. The van der Waals surface area contributed by atoms with Crippen molar-refractivity contribution in [2.24, 2.45) is 5.92 Å². The maximum Gasteiger partial charge on any atom is 0.471 e. The van der Waals surface area contributed by atoms with Crippen molar-refractivity contribution in [1.29, 1.82) is 0 Å². The molecule has 2 aliphatic heterocycles. The number of ether oxygens (including phenoxy) is 2. The number of hydrogen-bond donors (Lipinski definition) is 2. The van der Waals surface area contributed by atoms with Crippen molar-refractivity contribution in [2.45, 2.75) is 62.8 Å². The molecule has 1 saturated carbocycles. The van der Waals surface area contributed by atoms with Crippen LogP contribution in [0.4, 0.5) is 34.9 Å². The second-order valence-corrected chi connectivity index (χ2v) is 9.85. The number of nitrogens with one attached hydrogen (secondary N) is 2. The summed E-state index contributed by atoms with van der Waals surface area (Å²) in [5.74, 6) is -2.60. The number of rotatable bonds is 7. The number of carbonyl (C=O) groups is 1. The Kier molecular flexibility index (Phi) is 7.36. The molecular weight excluding hydrogens is 494 g/mol. The van der Waals surface area contributed by atoms with Crippen LogP contribution in [0.1, 0.15) is 38.5 Å². The van der Waals surface area contributed by atoms with Crippen molar-refractivity contribution in [3.8, 4) is 5.88 Å². The number of nitrogens with zero attached hydrogens (tertiary/aromatic N) is 3. The van der Waals surface area contributed by atoms with E-state index in [0.29, 0.717) is 37.8 Å². The standard InChI is InChI=1S/C25H29F4N5O3/c26-21-11-30-24(32-17-5-7-18(8-6-17)34-19-9-10-20(34)14-36-13-19)33-22(21)37-12-15-1-3-16(4-2-15)31-23(35)25(27,28)29/h5-8,11,15-16,19-20H,1-4,9-10,12-14H2,(H,31,35)(H,30,32,33). The van der Waals surface area contributed by atoms with E-state index in [4.69, 9.17) is 9.47 Å². The van der Waals surface area contributed by atoms with Gasteiger partial charge < -0.3 is 25.0 Å². The topological polar surface area (TPSA) is 88.6 Å². The quantitative estimate of drug-likeness (QED) is 0.522. The van der Waals surface area contributed by atoms with E-state index in [1.807, 2.05) is 29.6 Å². The van der Waals surface area contributed by atoms with E-state index in [1.165, 1.54) is 0 Å². The summed E-state index contributed by atoms with van der Waals surface area (Å²) < 4.78 is 62.8. The fourth-order valence-electron chi connectivity index (χ4n) is 5.35. The van der Waals surface area contributed by atoms with Crippen LogP contribution in [-0.4, -0.2) is 60.0 Å². The van der Waals surface area contributed by atoms with Crippen molar-refractivity contribution in [2.75, 3.05) is 30.0 Å². The summed E-state index contributed by atoms with van der Waals surface area (Å²) >= 11 is 0. The predicted octanol–water partition coefficient (Wildman–Crippen LogP) is 4.34. The van der Waals surface area contributed by atoms with Gasteiger partial charge in [0.2, 0.25) is 11.8 Å². The second-order valence-electron chi connectivity index (χ2n) is 9.85. The Labute approximate surface area is 211 Å². The van der Waals surface area contributed by atoms with E-state index in [0.717, 1.165) is 43.6 Å². The lowest BCUT2D eigenvalue weighted by atomic mass is 9.86. The molecule has 2 saturated heterocycles. The molecule has 1 aromatic heterocycles. The third kappa shape index (κ3) is 6.06. The smallest absolute Gasteiger partial charge is 0.471 e. The summed E-state index contributed by atoms with van der Waals surface area (Å²) in [4.78, 5) is 21.7. The van der Waals surface area contributed by atoms with Gasteiger partial charge in [0.05, 0.1) is 38.1 Å². The molecule has 2 unspecified atom stereocenters. The predicted molar refractivity (Wildman–Crippen MR) is 127 cm³/mol. The van der Waals surface area contributed by atoms with E-state index in [-0.39, 0.29) is 24.4 Å². The highest BCUT2D eigenvalue weighted by Crippen LogP contribution is 2.34. The number of halogens is 4. The first kappa shape index (κ1) is 25.5. The minimum absolute atomic E-state index is 0.0211.